The first kappa shape index (κ1) is 24.1. The van der Waals surface area contributed by atoms with Crippen LogP contribution >= 0.6 is 0 Å². The van der Waals surface area contributed by atoms with Crippen LogP contribution in [0.5, 0.6) is 0 Å². The highest BCUT2D eigenvalue weighted by atomic mass is 16.5. The minimum Gasteiger partial charge on any atom is -0.457 e. The summed E-state index contributed by atoms with van der Waals surface area (Å²) < 4.78 is 13.0. The Balaban J connectivity index is 1.90. The molecule has 0 bridgehead atoms. The normalized spacial score (nSPS) is 11.8. The minimum absolute atomic E-state index is 0.0854. The molecule has 3 aromatic rings. The summed E-state index contributed by atoms with van der Waals surface area (Å²) in [7, 11) is 0. The Morgan fingerprint density at radius 1 is 1.21 bits per heavy atom. The highest BCUT2D eigenvalue weighted by Gasteiger charge is 2.16. The lowest BCUT2D eigenvalue weighted by atomic mass is 9.95. The van der Waals surface area contributed by atoms with E-state index in [9.17, 15) is 14.9 Å². The van der Waals surface area contributed by atoms with Gasteiger partial charge in [-0.25, -0.2) is 9.59 Å². The largest absolute Gasteiger partial charge is 0.457 e. The molecule has 0 N–H and O–H groups in total. The lowest BCUT2D eigenvalue weighted by Gasteiger charge is -2.13. The fourth-order valence-electron chi connectivity index (χ4n) is 4.19. The van der Waals surface area contributed by atoms with Gasteiger partial charge in [-0.05, 0) is 74.1 Å². The second kappa shape index (κ2) is 9.91. The van der Waals surface area contributed by atoms with Gasteiger partial charge in [0.2, 0.25) is 0 Å². The maximum absolute atomic E-state index is 12.7. The van der Waals surface area contributed by atoms with Crippen LogP contribution < -0.4 is 5.63 Å². The number of carbonyl (C=O) groups excluding carboxylic acids is 1. The number of nitriles is 1. The molecule has 6 nitrogen and oxygen atoms in total. The van der Waals surface area contributed by atoms with Crippen LogP contribution in [0.4, 0.5) is 0 Å². The number of aryl methyl sites for hydroxylation is 2. The van der Waals surface area contributed by atoms with Gasteiger partial charge in [0.25, 0.3) is 0 Å². The standard InChI is InChI=1S/C27H30N2O4/c1-7-8-29-18(5)10-20(19(29)6)11-21(14-28)27(31)32-15-22-12-26(30)33-25-9-17(4)23(16(2)3)13-24(22)25/h9-13,16H,7-8,15H2,1-6H3. The summed E-state index contributed by atoms with van der Waals surface area (Å²) in [6, 6.07) is 9.06. The van der Waals surface area contributed by atoms with Crippen molar-refractivity contribution in [2.75, 3.05) is 0 Å². The van der Waals surface area contributed by atoms with Gasteiger partial charge in [-0.15, -0.1) is 0 Å². The zero-order valence-electron chi connectivity index (χ0n) is 20.1. The highest BCUT2D eigenvalue weighted by Crippen LogP contribution is 2.27. The van der Waals surface area contributed by atoms with E-state index in [2.05, 4.69) is 25.3 Å². The van der Waals surface area contributed by atoms with E-state index in [1.807, 2.05) is 45.0 Å². The first-order valence-corrected chi connectivity index (χ1v) is 11.2. The van der Waals surface area contributed by atoms with Gasteiger partial charge in [-0.1, -0.05) is 20.8 Å². The molecule has 0 aliphatic rings. The lowest BCUT2D eigenvalue weighted by Crippen LogP contribution is -2.09. The third-order valence-electron chi connectivity index (χ3n) is 5.90. The molecule has 2 heterocycles. The zero-order valence-corrected chi connectivity index (χ0v) is 20.1. The third-order valence-corrected chi connectivity index (χ3v) is 5.90. The second-order valence-corrected chi connectivity index (χ2v) is 8.67. The van der Waals surface area contributed by atoms with Crippen LogP contribution in [0, 0.1) is 32.1 Å². The number of ether oxygens (including phenoxy) is 1. The van der Waals surface area contributed by atoms with Crippen molar-refractivity contribution in [3.63, 3.8) is 0 Å². The summed E-state index contributed by atoms with van der Waals surface area (Å²) in [6.07, 6.45) is 2.55. The maximum atomic E-state index is 12.7. The molecule has 0 amide bonds. The number of hydrogen-bond acceptors (Lipinski definition) is 5. The van der Waals surface area contributed by atoms with Crippen LogP contribution in [0.25, 0.3) is 17.0 Å². The van der Waals surface area contributed by atoms with E-state index in [1.54, 1.807) is 6.08 Å². The Kier molecular flexibility index (Phi) is 7.23. The van der Waals surface area contributed by atoms with Crippen molar-refractivity contribution in [2.24, 2.45) is 0 Å². The molecule has 33 heavy (non-hydrogen) atoms. The number of carbonyl (C=O) groups is 1. The van der Waals surface area contributed by atoms with E-state index in [4.69, 9.17) is 9.15 Å². The average Bonchev–Trinajstić information content (AvgIpc) is 3.02. The molecule has 0 unspecified atom stereocenters. The predicted octanol–water partition coefficient (Wildman–Crippen LogP) is 5.70. The van der Waals surface area contributed by atoms with Crippen LogP contribution in [0.1, 0.15) is 66.8 Å². The molecule has 2 aromatic heterocycles. The van der Waals surface area contributed by atoms with Gasteiger partial charge in [-0.2, -0.15) is 5.26 Å². The van der Waals surface area contributed by atoms with Crippen LogP contribution in [-0.4, -0.2) is 10.5 Å². The lowest BCUT2D eigenvalue weighted by molar-refractivity contribution is -0.139. The van der Waals surface area contributed by atoms with Gasteiger partial charge in [0.1, 0.15) is 23.8 Å². The Morgan fingerprint density at radius 3 is 2.58 bits per heavy atom. The molecule has 172 valence electrons. The number of fused-ring (bicyclic) bond motifs is 1. The van der Waals surface area contributed by atoms with Gasteiger partial charge < -0.3 is 13.7 Å². The van der Waals surface area contributed by atoms with E-state index in [0.717, 1.165) is 46.4 Å². The molecule has 0 saturated heterocycles. The number of hydrogen-bond donors (Lipinski definition) is 0. The van der Waals surface area contributed by atoms with Crippen molar-refractivity contribution in [2.45, 2.75) is 67.0 Å². The molecular weight excluding hydrogens is 416 g/mol. The molecule has 6 heteroatoms. The topological polar surface area (TPSA) is 85.2 Å². The summed E-state index contributed by atoms with van der Waals surface area (Å²) in [4.78, 5) is 24.8. The summed E-state index contributed by atoms with van der Waals surface area (Å²) in [5, 5.41) is 10.3. The third kappa shape index (κ3) is 5.09. The van der Waals surface area contributed by atoms with Crippen molar-refractivity contribution in [3.05, 3.63) is 73.9 Å². The molecule has 3 rings (SSSR count). The first-order chi connectivity index (χ1) is 15.7. The van der Waals surface area contributed by atoms with Gasteiger partial charge in [0.15, 0.2) is 0 Å². The number of esters is 1. The molecule has 0 atom stereocenters. The maximum Gasteiger partial charge on any atom is 0.349 e. The molecule has 0 aliphatic carbocycles. The van der Waals surface area contributed by atoms with Gasteiger partial charge in [-0.3, -0.25) is 0 Å². The first-order valence-electron chi connectivity index (χ1n) is 11.2. The van der Waals surface area contributed by atoms with Crippen molar-refractivity contribution in [1.29, 1.82) is 5.26 Å². The minimum atomic E-state index is -0.726. The number of nitrogens with zero attached hydrogens (tertiary/aromatic N) is 2. The quantitative estimate of drug-likeness (QED) is 0.201. The molecule has 0 aliphatic heterocycles. The molecule has 0 radical (unpaired) electrons. The second-order valence-electron chi connectivity index (χ2n) is 8.67. The summed E-state index contributed by atoms with van der Waals surface area (Å²) >= 11 is 0. The highest BCUT2D eigenvalue weighted by molar-refractivity contribution is 5.98. The number of aromatic nitrogens is 1. The van der Waals surface area contributed by atoms with Crippen LogP contribution in [0.3, 0.4) is 0 Å². The molecule has 0 fully saturated rings. The smallest absolute Gasteiger partial charge is 0.349 e. The van der Waals surface area contributed by atoms with E-state index in [0.29, 0.717) is 11.1 Å². The number of rotatable bonds is 7. The Labute approximate surface area is 194 Å². The van der Waals surface area contributed by atoms with Crippen LogP contribution in [-0.2, 0) is 22.7 Å². The Bertz CT molecular complexity index is 1330. The van der Waals surface area contributed by atoms with Crippen molar-refractivity contribution < 1.29 is 13.9 Å². The van der Waals surface area contributed by atoms with Gasteiger partial charge >= 0.3 is 11.6 Å². The SMILES string of the molecule is CCCn1c(C)cc(C=C(C#N)C(=O)OCc2cc(=O)oc3cc(C)c(C(C)C)cc23)c1C. The summed E-state index contributed by atoms with van der Waals surface area (Å²) in [5.41, 5.74) is 5.46. The monoisotopic (exact) mass is 446 g/mol. The van der Waals surface area contributed by atoms with Crippen molar-refractivity contribution in [1.82, 2.24) is 4.57 Å². The summed E-state index contributed by atoms with van der Waals surface area (Å²) in [5.74, 6) is -0.438. The van der Waals surface area contributed by atoms with Crippen molar-refractivity contribution in [3.8, 4) is 6.07 Å². The fourth-order valence-corrected chi connectivity index (χ4v) is 4.19. The van der Waals surface area contributed by atoms with Gasteiger partial charge in [0.05, 0.1) is 0 Å². The van der Waals surface area contributed by atoms with Crippen molar-refractivity contribution >= 4 is 23.0 Å². The Morgan fingerprint density at radius 2 is 1.94 bits per heavy atom. The molecule has 1 aromatic carbocycles. The average molecular weight is 447 g/mol. The fraction of sp³-hybridized carbons (Fsp3) is 0.370. The van der Waals surface area contributed by atoms with E-state index in [1.165, 1.54) is 6.07 Å². The van der Waals surface area contributed by atoms with Gasteiger partial charge in [0, 0.05) is 34.9 Å². The number of benzene rings is 1. The zero-order chi connectivity index (χ0) is 24.3. The molecular formula is C27H30N2O4. The predicted molar refractivity (Wildman–Crippen MR) is 129 cm³/mol. The van der Waals surface area contributed by atoms with E-state index < -0.39 is 11.6 Å². The van der Waals surface area contributed by atoms with Crippen LogP contribution in [0.2, 0.25) is 0 Å². The van der Waals surface area contributed by atoms with Crippen LogP contribution in [0.15, 0.2) is 39.1 Å². The molecule has 0 spiro atoms. The van der Waals surface area contributed by atoms with E-state index >= 15 is 0 Å². The van der Waals surface area contributed by atoms with E-state index in [-0.39, 0.29) is 18.1 Å². The Hall–Kier alpha value is -3.59. The molecule has 0 saturated carbocycles. The summed E-state index contributed by atoms with van der Waals surface area (Å²) in [6.45, 7) is 13.0.